The number of hydrogen-bond acceptors (Lipinski definition) is 6. The van der Waals surface area contributed by atoms with Crippen molar-refractivity contribution in [2.75, 3.05) is 12.0 Å². The van der Waals surface area contributed by atoms with Crippen LogP contribution in [-0.2, 0) is 15.1 Å². The molecule has 8 heteroatoms. The van der Waals surface area contributed by atoms with E-state index in [4.69, 9.17) is 9.72 Å². The lowest BCUT2D eigenvalue weighted by Gasteiger charge is -2.32. The van der Waals surface area contributed by atoms with E-state index in [1.807, 2.05) is 48.5 Å². The Balaban J connectivity index is 1.52. The topological polar surface area (TPSA) is 93.5 Å². The number of carbonyl (C=O) groups excluding carboxylic acids is 2. The Labute approximate surface area is 225 Å². The molecule has 2 saturated heterocycles. The second kappa shape index (κ2) is 8.35. The Bertz CT molecular complexity index is 1740. The highest BCUT2D eigenvalue weighted by Crippen LogP contribution is 2.56. The Morgan fingerprint density at radius 1 is 0.923 bits per heavy atom. The van der Waals surface area contributed by atoms with E-state index in [2.05, 4.69) is 19.2 Å². The summed E-state index contributed by atoms with van der Waals surface area (Å²) in [6, 6.07) is 21.7. The van der Waals surface area contributed by atoms with Crippen molar-refractivity contribution < 1.29 is 14.3 Å². The molecule has 4 atom stereocenters. The van der Waals surface area contributed by atoms with Crippen LogP contribution in [-0.4, -0.2) is 34.5 Å². The number of ether oxygens (including phenoxy) is 1. The van der Waals surface area contributed by atoms with Crippen molar-refractivity contribution in [3.63, 3.8) is 0 Å². The highest BCUT2D eigenvalue weighted by atomic mass is 16.5. The van der Waals surface area contributed by atoms with Gasteiger partial charge < -0.3 is 4.74 Å². The summed E-state index contributed by atoms with van der Waals surface area (Å²) in [6.45, 7) is 4.21. The molecule has 1 aromatic heterocycles. The molecule has 0 bridgehead atoms. The minimum atomic E-state index is -1.15. The summed E-state index contributed by atoms with van der Waals surface area (Å²) in [5, 5.41) is 4.25. The minimum Gasteiger partial charge on any atom is -0.495 e. The fraction of sp³-hybridized carbons (Fsp3) is 0.290. The molecular weight excluding hydrogens is 492 g/mol. The normalized spacial score (nSPS) is 25.0. The molecule has 4 aromatic rings. The number of methoxy groups -OCH3 is 1. The number of nitrogens with zero attached hydrogens (tertiary/aromatic N) is 3. The maximum atomic E-state index is 14.5. The first-order valence-corrected chi connectivity index (χ1v) is 13.3. The van der Waals surface area contributed by atoms with Crippen LogP contribution < -0.4 is 20.5 Å². The second-order valence-electron chi connectivity index (χ2n) is 11.0. The van der Waals surface area contributed by atoms with Crippen LogP contribution in [0.25, 0.3) is 16.6 Å². The average molecular weight is 521 g/mol. The molecule has 0 unspecified atom stereocenters. The monoisotopic (exact) mass is 520 g/mol. The number of anilines is 1. The first kappa shape index (κ1) is 23.8. The number of hydrogen-bond donors (Lipinski definition) is 1. The molecule has 0 radical (unpaired) electrons. The van der Waals surface area contributed by atoms with Crippen molar-refractivity contribution in [3.05, 3.63) is 94.5 Å². The van der Waals surface area contributed by atoms with E-state index in [0.29, 0.717) is 40.3 Å². The van der Waals surface area contributed by atoms with Gasteiger partial charge in [0.25, 0.3) is 5.56 Å². The van der Waals surface area contributed by atoms with Gasteiger partial charge >= 0.3 is 0 Å². The van der Waals surface area contributed by atoms with Crippen LogP contribution in [0.15, 0.2) is 77.6 Å². The molecule has 1 spiro atoms. The third-order valence-electron chi connectivity index (χ3n) is 8.41. The fourth-order valence-corrected chi connectivity index (χ4v) is 6.98. The summed E-state index contributed by atoms with van der Waals surface area (Å²) < 4.78 is 7.17. The maximum absolute atomic E-state index is 14.5. The number of carbonyl (C=O) groups is 2. The summed E-state index contributed by atoms with van der Waals surface area (Å²) >= 11 is 0. The number of aromatic nitrogens is 2. The number of para-hydroxylation sites is 4. The van der Waals surface area contributed by atoms with E-state index in [9.17, 15) is 14.4 Å². The predicted molar refractivity (Wildman–Crippen MR) is 147 cm³/mol. The van der Waals surface area contributed by atoms with E-state index in [1.54, 1.807) is 28.8 Å². The van der Waals surface area contributed by atoms with Gasteiger partial charge in [-0.1, -0.05) is 56.3 Å². The Morgan fingerprint density at radius 2 is 1.62 bits per heavy atom. The van der Waals surface area contributed by atoms with Crippen LogP contribution in [0.2, 0.25) is 0 Å². The lowest BCUT2D eigenvalue weighted by Crippen LogP contribution is -2.50. The molecular formula is C31H28N4O4. The zero-order valence-corrected chi connectivity index (χ0v) is 21.9. The highest BCUT2D eigenvalue weighted by Gasteiger charge is 2.69. The quantitative estimate of drug-likeness (QED) is 0.412. The van der Waals surface area contributed by atoms with Crippen LogP contribution in [0, 0.1) is 17.8 Å². The van der Waals surface area contributed by atoms with Crippen molar-refractivity contribution in [2.45, 2.75) is 31.8 Å². The number of imide groups is 1. The molecule has 2 amide bonds. The molecule has 0 saturated carbocycles. The van der Waals surface area contributed by atoms with Crippen molar-refractivity contribution in [1.29, 1.82) is 0 Å². The van der Waals surface area contributed by atoms with Gasteiger partial charge in [0.15, 0.2) is 0 Å². The van der Waals surface area contributed by atoms with Crippen LogP contribution in [0.1, 0.15) is 31.7 Å². The molecule has 3 aliphatic rings. The molecule has 1 N–H and O–H groups in total. The van der Waals surface area contributed by atoms with E-state index in [0.717, 1.165) is 5.56 Å². The Hall–Kier alpha value is -4.30. The average Bonchev–Trinajstić information content (AvgIpc) is 3.51. The molecule has 39 heavy (non-hydrogen) atoms. The van der Waals surface area contributed by atoms with Crippen LogP contribution in [0.4, 0.5) is 5.69 Å². The summed E-state index contributed by atoms with van der Waals surface area (Å²) in [5.74, 6) is -0.826. The Kier molecular flexibility index (Phi) is 5.09. The van der Waals surface area contributed by atoms with Crippen molar-refractivity contribution in [2.24, 2.45) is 17.8 Å². The molecule has 4 heterocycles. The molecule has 3 aliphatic heterocycles. The zero-order chi connectivity index (χ0) is 27.1. The minimum absolute atomic E-state index is 0.191. The lowest BCUT2D eigenvalue weighted by molar-refractivity contribution is -0.123. The van der Waals surface area contributed by atoms with Crippen molar-refractivity contribution in [1.82, 2.24) is 14.9 Å². The van der Waals surface area contributed by atoms with Gasteiger partial charge in [-0.3, -0.25) is 24.3 Å². The maximum Gasteiger partial charge on any atom is 0.266 e. The number of benzene rings is 3. The van der Waals surface area contributed by atoms with Gasteiger partial charge in [-0.25, -0.2) is 9.88 Å². The molecule has 3 aromatic carbocycles. The first-order chi connectivity index (χ1) is 18.9. The van der Waals surface area contributed by atoms with E-state index >= 15 is 0 Å². The third-order valence-corrected chi connectivity index (χ3v) is 8.41. The van der Waals surface area contributed by atoms with Gasteiger partial charge in [-0.2, -0.15) is 0 Å². The summed E-state index contributed by atoms with van der Waals surface area (Å²) in [7, 11) is 1.53. The van der Waals surface area contributed by atoms with E-state index in [-0.39, 0.29) is 29.3 Å². The SMILES string of the molecule is COc1ccccc1N1C(=O)[C@H]2[C@@H](CC(C)C)N[C@]3(c4ccccc4-n4c3nc3ccccc3c4=O)[C@H]2C1=O. The summed E-state index contributed by atoms with van der Waals surface area (Å²) in [4.78, 5) is 49.0. The number of rotatable bonds is 4. The molecule has 0 aliphatic carbocycles. The fourth-order valence-electron chi connectivity index (χ4n) is 6.98. The summed E-state index contributed by atoms with van der Waals surface area (Å²) in [5.41, 5.74) is 1.12. The van der Waals surface area contributed by atoms with Gasteiger partial charge in [0.05, 0.1) is 41.2 Å². The molecule has 196 valence electrons. The van der Waals surface area contributed by atoms with Crippen molar-refractivity contribution in [3.8, 4) is 11.4 Å². The predicted octanol–water partition coefficient (Wildman–Crippen LogP) is 3.78. The van der Waals surface area contributed by atoms with Gasteiger partial charge in [0, 0.05) is 11.6 Å². The first-order valence-electron chi connectivity index (χ1n) is 13.3. The highest BCUT2D eigenvalue weighted by molar-refractivity contribution is 6.24. The van der Waals surface area contributed by atoms with E-state index < -0.39 is 17.4 Å². The third kappa shape index (κ3) is 3.03. The standard InChI is InChI=1S/C31H28N4O4/c1-17(2)16-21-25-26(29(38)34(28(25)37)23-14-8-9-15-24(23)39-3)31(33-21)19-11-5-7-13-22(19)35-27(36)18-10-4-6-12-20(18)32-30(31)35/h4-15,17,21,25-26,33H,16H2,1-3H3/t21-,25+,26-,31-/m1/s1. The molecule has 7 rings (SSSR count). The molecule has 2 fully saturated rings. The van der Waals surface area contributed by atoms with Gasteiger partial charge in [0.2, 0.25) is 11.8 Å². The van der Waals surface area contributed by atoms with Gasteiger partial charge in [-0.05, 0) is 42.7 Å². The smallest absolute Gasteiger partial charge is 0.266 e. The van der Waals surface area contributed by atoms with Crippen LogP contribution >= 0.6 is 0 Å². The Morgan fingerprint density at radius 3 is 2.38 bits per heavy atom. The number of fused-ring (bicyclic) bond motifs is 8. The molecule has 8 nitrogen and oxygen atoms in total. The van der Waals surface area contributed by atoms with Gasteiger partial charge in [-0.15, -0.1) is 0 Å². The van der Waals surface area contributed by atoms with Gasteiger partial charge in [0.1, 0.15) is 17.1 Å². The van der Waals surface area contributed by atoms with Crippen molar-refractivity contribution >= 4 is 28.4 Å². The second-order valence-corrected chi connectivity index (χ2v) is 11.0. The van der Waals surface area contributed by atoms with Crippen LogP contribution in [0.5, 0.6) is 5.75 Å². The zero-order valence-electron chi connectivity index (χ0n) is 21.9. The van der Waals surface area contributed by atoms with Crippen LogP contribution in [0.3, 0.4) is 0 Å². The number of nitrogens with one attached hydrogen (secondary N) is 1. The lowest BCUT2D eigenvalue weighted by atomic mass is 9.75. The van der Waals surface area contributed by atoms with E-state index in [1.165, 1.54) is 12.0 Å². The largest absolute Gasteiger partial charge is 0.495 e. The summed E-state index contributed by atoms with van der Waals surface area (Å²) in [6.07, 6.45) is 0.682. The number of amides is 2.